The molecule has 0 aliphatic rings. The summed E-state index contributed by atoms with van der Waals surface area (Å²) in [6.07, 6.45) is 0. The molecule has 0 saturated heterocycles. The van der Waals surface area contributed by atoms with Crippen LogP contribution < -0.4 is 10.1 Å². The lowest BCUT2D eigenvalue weighted by Gasteiger charge is -2.12. The van der Waals surface area contributed by atoms with Crippen molar-refractivity contribution in [1.29, 1.82) is 0 Å². The number of nitro groups is 1. The Morgan fingerprint density at radius 3 is 2.41 bits per heavy atom. The largest absolute Gasteiger partial charge is 0.495 e. The summed E-state index contributed by atoms with van der Waals surface area (Å²) in [7, 11) is 1.55. The van der Waals surface area contributed by atoms with Gasteiger partial charge in [-0.15, -0.1) is 0 Å². The highest BCUT2D eigenvalue weighted by molar-refractivity contribution is 5.61. The molecule has 2 rings (SSSR count). The van der Waals surface area contributed by atoms with E-state index in [-0.39, 0.29) is 5.69 Å². The summed E-state index contributed by atoms with van der Waals surface area (Å²) in [5.74, 6) is 1.09. The summed E-state index contributed by atoms with van der Waals surface area (Å²) in [6.45, 7) is 4.89. The zero-order valence-electron chi connectivity index (χ0n) is 13.0. The second-order valence-electron chi connectivity index (χ2n) is 5.39. The number of nitrogens with zero attached hydrogens (tertiary/aromatic N) is 1. The Hall–Kier alpha value is -2.56. The van der Waals surface area contributed by atoms with Crippen molar-refractivity contribution in [2.24, 2.45) is 0 Å². The van der Waals surface area contributed by atoms with E-state index in [2.05, 4.69) is 43.4 Å². The zero-order chi connectivity index (χ0) is 16.1. The first-order valence-corrected chi connectivity index (χ1v) is 7.16. The molecule has 2 aromatic carbocycles. The number of ether oxygens (including phenoxy) is 1. The molecule has 0 radical (unpaired) electrons. The van der Waals surface area contributed by atoms with E-state index in [1.54, 1.807) is 13.2 Å². The fraction of sp³-hybridized carbons (Fsp3) is 0.294. The maximum Gasteiger partial charge on any atom is 0.271 e. The van der Waals surface area contributed by atoms with Crippen molar-refractivity contribution in [3.63, 3.8) is 0 Å². The minimum Gasteiger partial charge on any atom is -0.495 e. The molecule has 0 atom stereocenters. The first-order valence-electron chi connectivity index (χ1n) is 7.16. The molecule has 0 fully saturated rings. The lowest BCUT2D eigenvalue weighted by Crippen LogP contribution is -2.02. The Bertz CT molecular complexity index is 651. The maximum atomic E-state index is 10.9. The van der Waals surface area contributed by atoms with E-state index in [1.165, 1.54) is 17.7 Å². The highest BCUT2D eigenvalue weighted by Gasteiger charge is 2.11. The molecule has 1 N–H and O–H groups in total. The second-order valence-corrected chi connectivity index (χ2v) is 5.39. The van der Waals surface area contributed by atoms with Gasteiger partial charge < -0.3 is 10.1 Å². The highest BCUT2D eigenvalue weighted by Crippen LogP contribution is 2.29. The molecule has 0 aromatic heterocycles. The predicted molar refractivity (Wildman–Crippen MR) is 87.5 cm³/mol. The normalized spacial score (nSPS) is 10.5. The molecule has 0 bridgehead atoms. The van der Waals surface area contributed by atoms with Crippen LogP contribution >= 0.6 is 0 Å². The van der Waals surface area contributed by atoms with Crippen LogP contribution in [0.4, 0.5) is 11.4 Å². The van der Waals surface area contributed by atoms with Crippen molar-refractivity contribution in [3.05, 3.63) is 63.7 Å². The van der Waals surface area contributed by atoms with Gasteiger partial charge in [-0.1, -0.05) is 38.1 Å². The van der Waals surface area contributed by atoms with E-state index in [4.69, 9.17) is 4.74 Å². The number of rotatable bonds is 6. The average molecular weight is 300 g/mol. The first-order chi connectivity index (χ1) is 10.5. The van der Waals surface area contributed by atoms with Gasteiger partial charge in [0.25, 0.3) is 5.69 Å². The van der Waals surface area contributed by atoms with Crippen molar-refractivity contribution in [2.45, 2.75) is 26.3 Å². The standard InChI is InChI=1S/C17H20N2O3/c1-12(2)14-6-4-13(5-7-14)11-18-16-10-15(19(20)21)8-9-17(16)22-3/h4-10,12,18H,11H2,1-3H3. The van der Waals surface area contributed by atoms with Crippen LogP contribution in [0, 0.1) is 10.1 Å². The fourth-order valence-electron chi connectivity index (χ4n) is 2.17. The summed E-state index contributed by atoms with van der Waals surface area (Å²) >= 11 is 0. The molecule has 0 aliphatic carbocycles. The van der Waals surface area contributed by atoms with E-state index < -0.39 is 4.92 Å². The molecular formula is C17H20N2O3. The number of nitro benzene ring substituents is 1. The molecule has 0 heterocycles. The van der Waals surface area contributed by atoms with Gasteiger partial charge in [0.05, 0.1) is 17.7 Å². The molecule has 2 aromatic rings. The monoisotopic (exact) mass is 300 g/mol. The molecule has 0 aliphatic heterocycles. The van der Waals surface area contributed by atoms with Crippen LogP contribution in [0.3, 0.4) is 0 Å². The average Bonchev–Trinajstić information content (AvgIpc) is 2.52. The van der Waals surface area contributed by atoms with E-state index in [0.29, 0.717) is 23.9 Å². The summed E-state index contributed by atoms with van der Waals surface area (Å²) < 4.78 is 5.23. The van der Waals surface area contributed by atoms with Crippen LogP contribution in [0.2, 0.25) is 0 Å². The van der Waals surface area contributed by atoms with E-state index in [9.17, 15) is 10.1 Å². The van der Waals surface area contributed by atoms with Crippen LogP contribution in [0.1, 0.15) is 30.9 Å². The van der Waals surface area contributed by atoms with Gasteiger partial charge in [-0.3, -0.25) is 10.1 Å². The van der Waals surface area contributed by atoms with Crippen molar-refractivity contribution in [3.8, 4) is 5.75 Å². The number of methoxy groups -OCH3 is 1. The third kappa shape index (κ3) is 3.75. The van der Waals surface area contributed by atoms with Crippen LogP contribution in [-0.2, 0) is 6.54 Å². The number of anilines is 1. The van der Waals surface area contributed by atoms with Gasteiger partial charge >= 0.3 is 0 Å². The lowest BCUT2D eigenvalue weighted by molar-refractivity contribution is -0.384. The van der Waals surface area contributed by atoms with E-state index in [0.717, 1.165) is 5.56 Å². The number of benzene rings is 2. The Morgan fingerprint density at radius 1 is 1.18 bits per heavy atom. The molecule has 5 heteroatoms. The fourth-order valence-corrected chi connectivity index (χ4v) is 2.17. The van der Waals surface area contributed by atoms with Gasteiger partial charge in [0.15, 0.2) is 0 Å². The third-order valence-electron chi connectivity index (χ3n) is 3.52. The Kier molecular flexibility index (Phi) is 4.99. The van der Waals surface area contributed by atoms with Gasteiger partial charge in [0.2, 0.25) is 0 Å². The van der Waals surface area contributed by atoms with Crippen molar-refractivity contribution >= 4 is 11.4 Å². The quantitative estimate of drug-likeness (QED) is 0.636. The zero-order valence-corrected chi connectivity index (χ0v) is 13.0. The summed E-state index contributed by atoms with van der Waals surface area (Å²) in [6, 6.07) is 12.8. The minimum atomic E-state index is -0.415. The Balaban J connectivity index is 2.13. The van der Waals surface area contributed by atoms with Gasteiger partial charge in [-0.25, -0.2) is 0 Å². The van der Waals surface area contributed by atoms with Crippen LogP contribution in [-0.4, -0.2) is 12.0 Å². The lowest BCUT2D eigenvalue weighted by atomic mass is 10.0. The van der Waals surface area contributed by atoms with Crippen molar-refractivity contribution in [2.75, 3.05) is 12.4 Å². The first kappa shape index (κ1) is 15.8. The molecule has 0 unspecified atom stereocenters. The van der Waals surface area contributed by atoms with Crippen molar-refractivity contribution < 1.29 is 9.66 Å². The molecule has 22 heavy (non-hydrogen) atoms. The molecule has 116 valence electrons. The van der Waals surface area contributed by atoms with Crippen molar-refractivity contribution in [1.82, 2.24) is 0 Å². The SMILES string of the molecule is COc1ccc([N+](=O)[O-])cc1NCc1ccc(C(C)C)cc1. The van der Waals surface area contributed by atoms with E-state index in [1.807, 2.05) is 0 Å². The van der Waals surface area contributed by atoms with Gasteiger partial charge in [0, 0.05) is 18.7 Å². The van der Waals surface area contributed by atoms with Crippen LogP contribution in [0.15, 0.2) is 42.5 Å². The van der Waals surface area contributed by atoms with Gasteiger partial charge in [-0.2, -0.15) is 0 Å². The summed E-state index contributed by atoms with van der Waals surface area (Å²) in [5, 5.41) is 14.1. The smallest absolute Gasteiger partial charge is 0.271 e. The molecule has 5 nitrogen and oxygen atoms in total. The number of nitrogens with one attached hydrogen (secondary N) is 1. The minimum absolute atomic E-state index is 0.0402. The Morgan fingerprint density at radius 2 is 1.86 bits per heavy atom. The second kappa shape index (κ2) is 6.93. The topological polar surface area (TPSA) is 64.4 Å². The Labute approximate surface area is 130 Å². The van der Waals surface area contributed by atoms with Crippen LogP contribution in [0.5, 0.6) is 5.75 Å². The number of hydrogen-bond donors (Lipinski definition) is 1. The molecule has 0 amide bonds. The summed E-state index contributed by atoms with van der Waals surface area (Å²) in [5.41, 5.74) is 3.05. The third-order valence-corrected chi connectivity index (χ3v) is 3.52. The van der Waals surface area contributed by atoms with Gasteiger partial charge in [0.1, 0.15) is 5.75 Å². The predicted octanol–water partition coefficient (Wildman–Crippen LogP) is 4.34. The highest BCUT2D eigenvalue weighted by atomic mass is 16.6. The molecule has 0 saturated carbocycles. The van der Waals surface area contributed by atoms with Gasteiger partial charge in [-0.05, 0) is 23.1 Å². The number of hydrogen-bond acceptors (Lipinski definition) is 4. The maximum absolute atomic E-state index is 10.9. The number of non-ortho nitro benzene ring substituents is 1. The van der Waals surface area contributed by atoms with Crippen LogP contribution in [0.25, 0.3) is 0 Å². The summed E-state index contributed by atoms with van der Waals surface area (Å²) in [4.78, 5) is 10.5. The van der Waals surface area contributed by atoms with E-state index >= 15 is 0 Å². The molecular weight excluding hydrogens is 280 g/mol. The molecule has 0 spiro atoms.